The van der Waals surface area contributed by atoms with Crippen molar-refractivity contribution in [3.05, 3.63) is 99.1 Å². The van der Waals surface area contributed by atoms with Crippen LogP contribution in [0, 0.1) is 32.6 Å². The summed E-state index contributed by atoms with van der Waals surface area (Å²) < 4.78 is 6.19. The van der Waals surface area contributed by atoms with Gasteiger partial charge in [-0.15, -0.1) is 0 Å². The molecule has 2 aliphatic heterocycles. The predicted octanol–water partition coefficient (Wildman–Crippen LogP) is 6.10. The van der Waals surface area contributed by atoms with E-state index in [0.717, 1.165) is 40.8 Å². The maximum Gasteiger partial charge on any atom is 0.303 e. The first-order valence-corrected chi connectivity index (χ1v) is 17.5. The Balaban J connectivity index is 1.30. The van der Waals surface area contributed by atoms with Gasteiger partial charge >= 0.3 is 5.97 Å². The van der Waals surface area contributed by atoms with Gasteiger partial charge in [0.25, 0.3) is 0 Å². The van der Waals surface area contributed by atoms with Crippen LogP contribution in [0.1, 0.15) is 71.9 Å². The molecule has 3 aromatic rings. The molecule has 0 spiro atoms. The number of rotatable bonds is 13. The van der Waals surface area contributed by atoms with E-state index in [1.807, 2.05) is 41.3 Å². The summed E-state index contributed by atoms with van der Waals surface area (Å²) in [5.74, 6) is 6.12. The lowest BCUT2D eigenvalue weighted by Gasteiger charge is -2.53. The molecule has 9 heteroatoms. The van der Waals surface area contributed by atoms with Crippen LogP contribution >= 0.6 is 11.6 Å². The monoisotopic (exact) mass is 681 g/mol. The standard InChI is InChI=1S/C40H44ClN3O5/c1-26-22-27(2)28(3)35(23-26)49-21-19-29-13-15-31(16-14-29)40-20-7-9-32(42-40)25-44(36(45)11-6-12-37(46)47)38(40)39(48)43(33-17-18-33)24-30-8-4-5-10-34(30)41/h4-5,8,10,13-16,22-23,32-33,38,42H,6,11-12,17-21,24-25H2,1-3H3,(H,46,47)/t32-,38?,40+/m0/s1. The van der Waals surface area contributed by atoms with Crippen molar-refractivity contribution in [3.8, 4) is 17.6 Å². The van der Waals surface area contributed by atoms with Crippen molar-refractivity contribution in [2.24, 2.45) is 0 Å². The molecule has 1 aliphatic carbocycles. The van der Waals surface area contributed by atoms with Gasteiger partial charge in [0.15, 0.2) is 0 Å². The molecule has 8 nitrogen and oxygen atoms in total. The number of carbonyl (C=O) groups is 3. The summed E-state index contributed by atoms with van der Waals surface area (Å²) in [6, 6.07) is 18.8. The van der Waals surface area contributed by atoms with Crippen LogP contribution < -0.4 is 10.1 Å². The maximum absolute atomic E-state index is 15.0. The number of fused-ring (bicyclic) bond motifs is 2. The summed E-state index contributed by atoms with van der Waals surface area (Å²) in [5, 5.41) is 13.5. The Bertz CT molecular complexity index is 1790. The summed E-state index contributed by atoms with van der Waals surface area (Å²) in [4.78, 5) is 43.7. The molecule has 3 aromatic carbocycles. The smallest absolute Gasteiger partial charge is 0.303 e. The number of aliphatic carboxylic acids is 1. The van der Waals surface area contributed by atoms with E-state index in [1.54, 1.807) is 4.90 Å². The van der Waals surface area contributed by atoms with Gasteiger partial charge in [-0.3, -0.25) is 19.7 Å². The molecule has 3 aliphatic rings. The molecule has 1 saturated heterocycles. The highest BCUT2D eigenvalue weighted by molar-refractivity contribution is 6.31. The lowest BCUT2D eigenvalue weighted by atomic mass is 9.73. The van der Waals surface area contributed by atoms with Gasteiger partial charge in [0, 0.05) is 49.8 Å². The Morgan fingerprint density at radius 2 is 1.82 bits per heavy atom. The molecule has 1 unspecified atom stereocenters. The van der Waals surface area contributed by atoms with Crippen LogP contribution in [0.2, 0.25) is 5.02 Å². The average Bonchev–Trinajstić information content (AvgIpc) is 3.92. The zero-order chi connectivity index (χ0) is 34.7. The van der Waals surface area contributed by atoms with Crippen LogP contribution in [0.5, 0.6) is 5.75 Å². The van der Waals surface area contributed by atoms with Crippen LogP contribution in [0.3, 0.4) is 0 Å². The third-order valence-corrected chi connectivity index (χ3v) is 10.4. The summed E-state index contributed by atoms with van der Waals surface area (Å²) in [7, 11) is 0. The van der Waals surface area contributed by atoms with Gasteiger partial charge < -0.3 is 19.6 Å². The third-order valence-electron chi connectivity index (χ3n) is 10.0. The van der Waals surface area contributed by atoms with Crippen molar-refractivity contribution >= 4 is 29.4 Å². The quantitative estimate of drug-likeness (QED) is 0.212. The van der Waals surface area contributed by atoms with Crippen LogP contribution in [-0.2, 0) is 32.9 Å². The number of amides is 2. The highest BCUT2D eigenvalue weighted by Gasteiger charge is 2.56. The number of piperazine rings is 1. The lowest BCUT2D eigenvalue weighted by molar-refractivity contribution is -0.155. The number of nitrogens with zero attached hydrogens (tertiary/aromatic N) is 2. The van der Waals surface area contributed by atoms with Gasteiger partial charge in [0.05, 0.1) is 18.2 Å². The first kappa shape index (κ1) is 34.5. The number of hydrogen-bond acceptors (Lipinski definition) is 5. The van der Waals surface area contributed by atoms with E-state index < -0.39 is 17.6 Å². The maximum atomic E-state index is 15.0. The molecule has 6 rings (SSSR count). The fourth-order valence-electron chi connectivity index (χ4n) is 7.15. The Morgan fingerprint density at radius 1 is 1.06 bits per heavy atom. The Morgan fingerprint density at radius 3 is 2.53 bits per heavy atom. The second-order valence-corrected chi connectivity index (χ2v) is 14.1. The molecule has 2 heterocycles. The van der Waals surface area contributed by atoms with Gasteiger partial charge in [-0.05, 0) is 85.5 Å². The van der Waals surface area contributed by atoms with E-state index in [1.165, 1.54) is 11.1 Å². The molecule has 2 bridgehead atoms. The van der Waals surface area contributed by atoms with Crippen molar-refractivity contribution in [1.29, 1.82) is 0 Å². The number of hydrogen-bond donors (Lipinski definition) is 2. The second-order valence-electron chi connectivity index (χ2n) is 13.7. The molecule has 49 heavy (non-hydrogen) atoms. The molecular formula is C40H44ClN3O5. The summed E-state index contributed by atoms with van der Waals surface area (Å²) >= 11 is 6.57. The fraction of sp³-hybridized carbons (Fsp3) is 0.425. The van der Waals surface area contributed by atoms with Crippen molar-refractivity contribution in [2.45, 2.75) is 95.9 Å². The molecule has 2 N–H and O–H groups in total. The lowest BCUT2D eigenvalue weighted by Crippen LogP contribution is -2.73. The van der Waals surface area contributed by atoms with E-state index in [9.17, 15) is 19.5 Å². The minimum Gasteiger partial charge on any atom is -0.493 e. The van der Waals surface area contributed by atoms with Gasteiger partial charge in [-0.1, -0.05) is 72.0 Å². The average molecular weight is 682 g/mol. The van der Waals surface area contributed by atoms with Crippen LogP contribution in [0.15, 0.2) is 60.7 Å². The molecule has 0 radical (unpaired) electrons. The number of benzene rings is 3. The summed E-state index contributed by atoms with van der Waals surface area (Å²) in [6.07, 6.45) is 2.95. The van der Waals surface area contributed by atoms with Crippen LogP contribution in [0.25, 0.3) is 0 Å². The van der Waals surface area contributed by atoms with Gasteiger partial charge in [-0.25, -0.2) is 0 Å². The number of carboxylic acids is 1. The summed E-state index contributed by atoms with van der Waals surface area (Å²) in [6.45, 7) is 7.35. The van der Waals surface area contributed by atoms with Gasteiger partial charge in [0.1, 0.15) is 11.8 Å². The first-order chi connectivity index (χ1) is 23.6. The molecule has 256 valence electrons. The van der Waals surface area contributed by atoms with Crippen LogP contribution in [0.4, 0.5) is 0 Å². The topological polar surface area (TPSA) is 99.2 Å². The largest absolute Gasteiger partial charge is 0.493 e. The predicted molar refractivity (Wildman–Crippen MR) is 189 cm³/mol. The van der Waals surface area contributed by atoms with Crippen molar-refractivity contribution < 1.29 is 24.2 Å². The zero-order valence-electron chi connectivity index (χ0n) is 28.4. The highest BCUT2D eigenvalue weighted by atomic mass is 35.5. The molecular weight excluding hydrogens is 638 g/mol. The molecule has 0 aromatic heterocycles. The highest BCUT2D eigenvalue weighted by Crippen LogP contribution is 2.41. The Labute approximate surface area is 293 Å². The fourth-order valence-corrected chi connectivity index (χ4v) is 7.35. The number of carbonyl (C=O) groups excluding carboxylic acids is 2. The minimum absolute atomic E-state index is 0.0408. The van der Waals surface area contributed by atoms with Crippen molar-refractivity contribution in [1.82, 2.24) is 15.1 Å². The Hall–Kier alpha value is -4.32. The van der Waals surface area contributed by atoms with Crippen LogP contribution in [-0.4, -0.2) is 64.0 Å². The summed E-state index contributed by atoms with van der Waals surface area (Å²) in [5.41, 5.74) is 5.40. The van der Waals surface area contributed by atoms with E-state index in [-0.39, 0.29) is 49.7 Å². The molecule has 2 amide bonds. The normalized spacial score (nSPS) is 21.0. The van der Waals surface area contributed by atoms with Gasteiger partial charge in [-0.2, -0.15) is 0 Å². The number of aryl methyl sites for hydroxylation is 2. The van der Waals surface area contributed by atoms with Crippen molar-refractivity contribution in [3.63, 3.8) is 0 Å². The number of halogens is 1. The molecule has 3 atom stereocenters. The number of nitrogens with one attached hydrogen (secondary N) is 1. The molecule has 2 fully saturated rings. The first-order valence-electron chi connectivity index (χ1n) is 17.2. The zero-order valence-corrected chi connectivity index (χ0v) is 29.2. The second kappa shape index (κ2) is 14.7. The number of ether oxygens (including phenoxy) is 1. The van der Waals surface area contributed by atoms with Gasteiger partial charge in [0.2, 0.25) is 11.8 Å². The van der Waals surface area contributed by atoms with E-state index in [2.05, 4.69) is 62.2 Å². The molecule has 1 saturated carbocycles. The minimum atomic E-state index is -0.952. The van der Waals surface area contributed by atoms with E-state index in [0.29, 0.717) is 31.0 Å². The SMILES string of the molecule is Cc1cc(C)c(C)c(OCCc2ccc([C@]34CC#C[C@@H](CN(C(=O)CCCC(=O)O)C3C(=O)N(Cc3ccccc3Cl)C3CC3)N4)cc2)c1. The number of carboxylic acid groups (broad SMARTS) is 1. The third kappa shape index (κ3) is 7.64. The van der Waals surface area contributed by atoms with Crippen molar-refractivity contribution in [2.75, 3.05) is 13.2 Å². The van der Waals surface area contributed by atoms with E-state index in [4.69, 9.17) is 16.3 Å². The Kier molecular flexibility index (Phi) is 10.3. The van der Waals surface area contributed by atoms with E-state index >= 15 is 0 Å².